The number of esters is 1. The SMILES string of the molecule is CCCCCCCCCC/C=C/C(O)C(COC1OC(CO)C(O)C(O)C1O)NC(=O)CCCCCCCCCCCCCCCCCCC/C=C\C/C=C\CCCCCCCCCCCCCCCOC(=O)CCCCCCCCCCCCCCC. The molecule has 0 bridgehead atoms. The summed E-state index contributed by atoms with van der Waals surface area (Å²) >= 11 is 0. The van der Waals surface area contributed by atoms with Gasteiger partial charge in [0.2, 0.25) is 5.91 Å². The van der Waals surface area contributed by atoms with Crippen LogP contribution < -0.4 is 5.32 Å². The van der Waals surface area contributed by atoms with Gasteiger partial charge in [0, 0.05) is 12.8 Å². The molecule has 11 heteroatoms. The van der Waals surface area contributed by atoms with E-state index in [4.69, 9.17) is 14.2 Å². The van der Waals surface area contributed by atoms with E-state index in [2.05, 4.69) is 43.5 Å². The molecule has 0 aromatic rings. The van der Waals surface area contributed by atoms with Gasteiger partial charge in [0.05, 0.1) is 32.0 Å². The van der Waals surface area contributed by atoms with Crippen molar-refractivity contribution >= 4 is 11.9 Å². The molecule has 518 valence electrons. The highest BCUT2D eigenvalue weighted by molar-refractivity contribution is 5.76. The molecule has 1 saturated heterocycles. The molecule has 1 fully saturated rings. The van der Waals surface area contributed by atoms with E-state index in [9.17, 15) is 35.1 Å². The predicted molar refractivity (Wildman–Crippen MR) is 371 cm³/mol. The summed E-state index contributed by atoms with van der Waals surface area (Å²) in [4.78, 5) is 25.1. The van der Waals surface area contributed by atoms with Crippen LogP contribution in [0.4, 0.5) is 0 Å². The Bertz CT molecular complexity index is 1560. The van der Waals surface area contributed by atoms with Gasteiger partial charge in [0.1, 0.15) is 24.4 Å². The number of hydrogen-bond donors (Lipinski definition) is 6. The fourth-order valence-electron chi connectivity index (χ4n) is 12.2. The standard InChI is InChI=1S/C77H145NO10/c1-3-5-7-9-11-13-15-41-45-49-53-57-61-65-73(82)86-66-62-58-54-50-46-43-40-38-36-34-32-30-28-26-24-22-20-18-16-17-19-21-23-25-27-29-31-33-35-37-39-42-44-48-52-56-60-64-72(81)78-69(68-87-77-76(85)75(84)74(83)71(67-79)88-77)70(80)63-59-55-51-47-14-12-10-8-6-4-2/h16,18,22,24,59,63,69-71,74-77,79-80,83-85H,3-15,17,19-21,23,25-58,60-62,64-68H2,1-2H3,(H,78,81)/b18-16-,24-22-,63-59+. The second-order valence-corrected chi connectivity index (χ2v) is 26.7. The molecule has 0 spiro atoms. The zero-order chi connectivity index (χ0) is 63.7. The quantitative estimate of drug-likeness (QED) is 0.0195. The van der Waals surface area contributed by atoms with Crippen molar-refractivity contribution in [3.05, 3.63) is 36.5 Å². The van der Waals surface area contributed by atoms with Gasteiger partial charge in [-0.3, -0.25) is 9.59 Å². The number of nitrogens with one attached hydrogen (secondary N) is 1. The Morgan fingerprint density at radius 1 is 0.420 bits per heavy atom. The van der Waals surface area contributed by atoms with E-state index in [0.717, 1.165) is 57.8 Å². The third-order valence-corrected chi connectivity index (χ3v) is 18.2. The summed E-state index contributed by atoms with van der Waals surface area (Å²) in [6.07, 6.45) is 76.0. The minimum Gasteiger partial charge on any atom is -0.466 e. The fraction of sp³-hybridized carbons (Fsp3) is 0.896. The van der Waals surface area contributed by atoms with E-state index in [-0.39, 0.29) is 18.5 Å². The fourth-order valence-corrected chi connectivity index (χ4v) is 12.2. The molecule has 1 aliphatic rings. The third kappa shape index (κ3) is 54.4. The van der Waals surface area contributed by atoms with Gasteiger partial charge in [-0.2, -0.15) is 0 Å². The van der Waals surface area contributed by atoms with Gasteiger partial charge < -0.3 is 45.1 Å². The molecule has 0 saturated carbocycles. The maximum atomic E-state index is 13.0. The average molecular weight is 1250 g/mol. The predicted octanol–water partition coefficient (Wildman–Crippen LogP) is 20.1. The summed E-state index contributed by atoms with van der Waals surface area (Å²) in [5, 5.41) is 54.4. The minimum absolute atomic E-state index is 0.0146. The molecule has 1 rings (SSSR count). The summed E-state index contributed by atoms with van der Waals surface area (Å²) < 4.78 is 16.7. The summed E-state index contributed by atoms with van der Waals surface area (Å²) in [5.41, 5.74) is 0. The molecular weight excluding hydrogens is 1100 g/mol. The lowest BCUT2D eigenvalue weighted by Crippen LogP contribution is -2.60. The van der Waals surface area contributed by atoms with E-state index in [1.54, 1.807) is 6.08 Å². The molecule has 88 heavy (non-hydrogen) atoms. The number of aliphatic hydroxyl groups is 5. The summed E-state index contributed by atoms with van der Waals surface area (Å²) in [6.45, 7) is 4.37. The number of amides is 1. The van der Waals surface area contributed by atoms with Crippen LogP contribution in [0.5, 0.6) is 0 Å². The first-order valence-corrected chi connectivity index (χ1v) is 38.3. The lowest BCUT2D eigenvalue weighted by atomic mass is 9.99. The number of allylic oxidation sites excluding steroid dienone is 5. The Kier molecular flexibility index (Phi) is 63.2. The molecule has 11 nitrogen and oxygen atoms in total. The van der Waals surface area contributed by atoms with Crippen molar-refractivity contribution in [2.75, 3.05) is 19.8 Å². The first kappa shape index (κ1) is 83.9. The van der Waals surface area contributed by atoms with Crippen LogP contribution in [0, 0.1) is 0 Å². The maximum Gasteiger partial charge on any atom is 0.305 e. The molecule has 7 unspecified atom stereocenters. The van der Waals surface area contributed by atoms with Crippen LogP contribution in [0.15, 0.2) is 36.5 Å². The molecule has 1 amide bonds. The molecule has 6 N–H and O–H groups in total. The summed E-state index contributed by atoms with van der Waals surface area (Å²) in [6, 6.07) is -0.807. The average Bonchev–Trinajstić information content (AvgIpc) is 3.03. The Balaban J connectivity index is 1.89. The van der Waals surface area contributed by atoms with Crippen LogP contribution in [0.2, 0.25) is 0 Å². The van der Waals surface area contributed by atoms with Crippen molar-refractivity contribution in [2.45, 2.75) is 423 Å². The number of ether oxygens (including phenoxy) is 3. The second-order valence-electron chi connectivity index (χ2n) is 26.7. The van der Waals surface area contributed by atoms with E-state index >= 15 is 0 Å². The number of hydrogen-bond acceptors (Lipinski definition) is 10. The highest BCUT2D eigenvalue weighted by Crippen LogP contribution is 2.24. The van der Waals surface area contributed by atoms with Gasteiger partial charge in [-0.1, -0.05) is 339 Å². The number of carbonyl (C=O) groups excluding carboxylic acids is 2. The molecule has 0 aliphatic carbocycles. The van der Waals surface area contributed by atoms with Crippen LogP contribution in [-0.4, -0.2) is 100 Å². The van der Waals surface area contributed by atoms with Crippen molar-refractivity contribution in [1.82, 2.24) is 5.32 Å². The summed E-state index contributed by atoms with van der Waals surface area (Å²) in [5.74, 6) is -0.164. The molecule has 1 heterocycles. The Labute approximate surface area is 543 Å². The maximum absolute atomic E-state index is 13.0. The van der Waals surface area contributed by atoms with Gasteiger partial charge in [-0.25, -0.2) is 0 Å². The van der Waals surface area contributed by atoms with Crippen LogP contribution in [0.3, 0.4) is 0 Å². The van der Waals surface area contributed by atoms with Crippen molar-refractivity contribution in [2.24, 2.45) is 0 Å². The van der Waals surface area contributed by atoms with E-state index < -0.39 is 49.5 Å². The zero-order valence-corrected chi connectivity index (χ0v) is 57.7. The van der Waals surface area contributed by atoms with Gasteiger partial charge in [0.15, 0.2) is 6.29 Å². The molecule has 0 aromatic heterocycles. The zero-order valence-electron chi connectivity index (χ0n) is 57.7. The van der Waals surface area contributed by atoms with E-state index in [1.807, 2.05) is 6.08 Å². The van der Waals surface area contributed by atoms with Gasteiger partial charge in [-0.05, 0) is 64.2 Å². The molecule has 0 aromatic carbocycles. The number of carbonyl (C=O) groups is 2. The third-order valence-electron chi connectivity index (χ3n) is 18.2. The van der Waals surface area contributed by atoms with Crippen molar-refractivity contribution < 1.29 is 49.3 Å². The van der Waals surface area contributed by atoms with Crippen molar-refractivity contribution in [3.63, 3.8) is 0 Å². The molecule has 7 atom stereocenters. The van der Waals surface area contributed by atoms with Crippen LogP contribution in [0.1, 0.15) is 380 Å². The van der Waals surface area contributed by atoms with Crippen molar-refractivity contribution in [1.29, 1.82) is 0 Å². The lowest BCUT2D eigenvalue weighted by molar-refractivity contribution is -0.302. The molecule has 1 aliphatic heterocycles. The van der Waals surface area contributed by atoms with Gasteiger partial charge in [0.25, 0.3) is 0 Å². The van der Waals surface area contributed by atoms with Gasteiger partial charge in [-0.15, -0.1) is 0 Å². The van der Waals surface area contributed by atoms with Crippen LogP contribution in [0.25, 0.3) is 0 Å². The molecular formula is C77H145NO10. The van der Waals surface area contributed by atoms with Crippen molar-refractivity contribution in [3.8, 4) is 0 Å². The number of unbranched alkanes of at least 4 members (excludes halogenated alkanes) is 50. The smallest absolute Gasteiger partial charge is 0.305 e. The highest BCUT2D eigenvalue weighted by Gasteiger charge is 2.44. The molecule has 0 radical (unpaired) electrons. The van der Waals surface area contributed by atoms with E-state index in [1.165, 1.54) is 295 Å². The number of aliphatic hydroxyl groups excluding tert-OH is 5. The monoisotopic (exact) mass is 1240 g/mol. The Hall–Kier alpha value is -2.12. The largest absolute Gasteiger partial charge is 0.466 e. The normalized spacial score (nSPS) is 17.9. The van der Waals surface area contributed by atoms with Gasteiger partial charge >= 0.3 is 5.97 Å². The first-order chi connectivity index (χ1) is 43.2. The second kappa shape index (κ2) is 66.3. The van der Waals surface area contributed by atoms with Crippen LogP contribution in [-0.2, 0) is 23.8 Å². The Morgan fingerprint density at radius 3 is 1.15 bits per heavy atom. The highest BCUT2D eigenvalue weighted by atomic mass is 16.7. The number of rotatable bonds is 68. The topological polar surface area (TPSA) is 175 Å². The van der Waals surface area contributed by atoms with Crippen LogP contribution >= 0.6 is 0 Å². The van der Waals surface area contributed by atoms with E-state index in [0.29, 0.717) is 19.4 Å². The summed E-state index contributed by atoms with van der Waals surface area (Å²) in [7, 11) is 0. The first-order valence-electron chi connectivity index (χ1n) is 38.3. The minimum atomic E-state index is -1.57. The lowest BCUT2D eigenvalue weighted by Gasteiger charge is -2.40. The Morgan fingerprint density at radius 2 is 0.761 bits per heavy atom.